The normalized spacial score (nSPS) is 14.0. The third-order valence-corrected chi connectivity index (χ3v) is 5.23. The van der Waals surface area contributed by atoms with E-state index >= 15 is 0 Å². The van der Waals surface area contributed by atoms with Gasteiger partial charge >= 0.3 is 0 Å². The summed E-state index contributed by atoms with van der Waals surface area (Å²) in [5, 5.41) is 8.02. The maximum absolute atomic E-state index is 13.5. The van der Waals surface area contributed by atoms with Crippen molar-refractivity contribution in [2.45, 2.75) is 39.0 Å². The maximum Gasteiger partial charge on any atom is 0.152 e. The molecule has 3 heterocycles. The van der Waals surface area contributed by atoms with Gasteiger partial charge in [-0.3, -0.25) is 0 Å². The van der Waals surface area contributed by atoms with Crippen LogP contribution in [0.1, 0.15) is 23.8 Å². The van der Waals surface area contributed by atoms with E-state index in [2.05, 4.69) is 26.3 Å². The number of nitrogens with two attached hydrogens (primary N) is 1. The summed E-state index contributed by atoms with van der Waals surface area (Å²) in [6, 6.07) is 4.91. The minimum Gasteiger partial charge on any atom is -0.467 e. The molecule has 0 radical (unpaired) electrons. The van der Waals surface area contributed by atoms with Crippen molar-refractivity contribution in [2.24, 2.45) is 5.73 Å². The van der Waals surface area contributed by atoms with Crippen molar-refractivity contribution in [1.82, 2.24) is 9.61 Å². The Kier molecular flexibility index (Phi) is 5.36. The molecular formula is C17H19BrClFN4O. The SMILES string of the molecule is Cc1c(C[C@@H](N)[C@H](C)F)c(Br)n2nc(Cl)cc(NCc3ccco3)c12. The van der Waals surface area contributed by atoms with Crippen LogP contribution in [0.2, 0.25) is 5.15 Å². The number of aryl methyl sites for hydroxylation is 1. The molecule has 0 aliphatic rings. The van der Waals surface area contributed by atoms with Crippen molar-refractivity contribution in [3.8, 4) is 0 Å². The number of aromatic nitrogens is 2. The minimum absolute atomic E-state index is 0.347. The third-order valence-electron chi connectivity index (χ3n) is 4.23. The standard InChI is InChI=1S/C17H19BrClFN4O/c1-9-12(6-13(21)10(2)20)17(18)24-16(9)14(7-15(19)23-24)22-8-11-4-3-5-25-11/h3-5,7,10,13,22H,6,8,21H2,1-2H3/t10-,13+/m0/s1. The summed E-state index contributed by atoms with van der Waals surface area (Å²) in [6.07, 6.45) is 0.938. The topological polar surface area (TPSA) is 68.5 Å². The molecule has 134 valence electrons. The van der Waals surface area contributed by atoms with Crippen LogP contribution in [0, 0.1) is 6.92 Å². The molecule has 3 aromatic heterocycles. The van der Waals surface area contributed by atoms with Crippen LogP contribution in [-0.2, 0) is 13.0 Å². The number of hydrogen-bond acceptors (Lipinski definition) is 4. The van der Waals surface area contributed by atoms with Gasteiger partial charge in [0.15, 0.2) is 5.15 Å². The van der Waals surface area contributed by atoms with Crippen molar-refractivity contribution < 1.29 is 8.81 Å². The molecule has 0 saturated heterocycles. The average molecular weight is 430 g/mol. The van der Waals surface area contributed by atoms with Gasteiger partial charge in [-0.25, -0.2) is 8.91 Å². The number of fused-ring (bicyclic) bond motifs is 1. The molecule has 0 spiro atoms. The fourth-order valence-corrected chi connectivity index (χ4v) is 3.67. The van der Waals surface area contributed by atoms with Gasteiger partial charge < -0.3 is 15.5 Å². The van der Waals surface area contributed by atoms with Gasteiger partial charge in [0.25, 0.3) is 0 Å². The van der Waals surface area contributed by atoms with E-state index in [9.17, 15) is 4.39 Å². The molecule has 3 aromatic rings. The van der Waals surface area contributed by atoms with E-state index in [0.717, 1.165) is 32.7 Å². The summed E-state index contributed by atoms with van der Waals surface area (Å²) in [6.45, 7) is 3.95. The Morgan fingerprint density at radius 3 is 2.92 bits per heavy atom. The van der Waals surface area contributed by atoms with Crippen molar-refractivity contribution in [1.29, 1.82) is 0 Å². The summed E-state index contributed by atoms with van der Waals surface area (Å²) >= 11 is 9.73. The number of furan rings is 1. The average Bonchev–Trinajstić information content (AvgIpc) is 3.15. The van der Waals surface area contributed by atoms with E-state index in [4.69, 9.17) is 21.8 Å². The Bertz CT molecular complexity index is 879. The van der Waals surface area contributed by atoms with E-state index in [1.807, 2.05) is 19.1 Å². The molecule has 2 atom stereocenters. The monoisotopic (exact) mass is 428 g/mol. The lowest BCUT2D eigenvalue weighted by Gasteiger charge is -2.12. The molecule has 0 aromatic carbocycles. The third kappa shape index (κ3) is 3.68. The van der Waals surface area contributed by atoms with E-state index in [-0.39, 0.29) is 0 Å². The van der Waals surface area contributed by atoms with Gasteiger partial charge in [0.05, 0.1) is 24.0 Å². The summed E-state index contributed by atoms with van der Waals surface area (Å²) < 4.78 is 21.3. The first-order valence-corrected chi connectivity index (χ1v) is 9.07. The highest BCUT2D eigenvalue weighted by Crippen LogP contribution is 2.34. The quantitative estimate of drug-likeness (QED) is 0.606. The number of rotatable bonds is 6. The smallest absolute Gasteiger partial charge is 0.152 e. The number of hydrogen-bond donors (Lipinski definition) is 2. The van der Waals surface area contributed by atoms with E-state index in [0.29, 0.717) is 18.1 Å². The first kappa shape index (κ1) is 18.2. The number of anilines is 1. The molecule has 3 rings (SSSR count). The second-order valence-electron chi connectivity index (χ2n) is 6.01. The lowest BCUT2D eigenvalue weighted by molar-refractivity contribution is 0.304. The fraction of sp³-hybridized carbons (Fsp3) is 0.353. The summed E-state index contributed by atoms with van der Waals surface area (Å²) in [5.74, 6) is 0.808. The van der Waals surface area contributed by atoms with Crippen LogP contribution >= 0.6 is 27.5 Å². The van der Waals surface area contributed by atoms with Gasteiger partial charge in [-0.15, -0.1) is 0 Å². The molecule has 0 amide bonds. The fourth-order valence-electron chi connectivity index (χ4n) is 2.77. The van der Waals surface area contributed by atoms with Crippen LogP contribution in [0.4, 0.5) is 10.1 Å². The molecule has 0 fully saturated rings. The van der Waals surface area contributed by atoms with Gasteiger partial charge in [-0.1, -0.05) is 11.6 Å². The maximum atomic E-state index is 13.5. The molecule has 25 heavy (non-hydrogen) atoms. The molecule has 0 aliphatic heterocycles. The second kappa shape index (κ2) is 7.35. The van der Waals surface area contributed by atoms with E-state index in [1.165, 1.54) is 6.92 Å². The largest absolute Gasteiger partial charge is 0.467 e. The molecular weight excluding hydrogens is 411 g/mol. The molecule has 5 nitrogen and oxygen atoms in total. The Labute approximate surface area is 158 Å². The Balaban J connectivity index is 2.02. The highest BCUT2D eigenvalue weighted by Gasteiger charge is 2.22. The molecule has 0 bridgehead atoms. The number of halogens is 3. The van der Waals surface area contributed by atoms with Crippen LogP contribution in [0.3, 0.4) is 0 Å². The number of nitrogens with zero attached hydrogens (tertiary/aromatic N) is 2. The van der Waals surface area contributed by atoms with Crippen LogP contribution in [0.25, 0.3) is 5.52 Å². The van der Waals surface area contributed by atoms with Crippen LogP contribution in [-0.4, -0.2) is 21.8 Å². The van der Waals surface area contributed by atoms with Crippen LogP contribution < -0.4 is 11.1 Å². The molecule has 0 aliphatic carbocycles. The van der Waals surface area contributed by atoms with E-state index in [1.54, 1.807) is 16.8 Å². The van der Waals surface area contributed by atoms with Gasteiger partial charge in [0.1, 0.15) is 16.5 Å². The summed E-state index contributed by atoms with van der Waals surface area (Å²) in [5.41, 5.74) is 9.52. The van der Waals surface area contributed by atoms with Crippen molar-refractivity contribution in [3.05, 3.63) is 51.1 Å². The molecule has 8 heteroatoms. The zero-order chi connectivity index (χ0) is 18.1. The zero-order valence-corrected chi connectivity index (χ0v) is 16.2. The molecule has 0 saturated carbocycles. The van der Waals surface area contributed by atoms with E-state index < -0.39 is 12.2 Å². The van der Waals surface area contributed by atoms with Crippen molar-refractivity contribution in [2.75, 3.05) is 5.32 Å². The Hall–Kier alpha value is -1.57. The van der Waals surface area contributed by atoms with Crippen LogP contribution in [0.5, 0.6) is 0 Å². The minimum atomic E-state index is -1.09. The summed E-state index contributed by atoms with van der Waals surface area (Å²) in [4.78, 5) is 0. The predicted octanol–water partition coefficient (Wildman–Crippen LogP) is 4.49. The molecule has 3 N–H and O–H groups in total. The zero-order valence-electron chi connectivity index (χ0n) is 13.9. The first-order valence-electron chi connectivity index (χ1n) is 7.90. The molecule has 0 unspecified atom stereocenters. The second-order valence-corrected chi connectivity index (χ2v) is 7.15. The van der Waals surface area contributed by atoms with Crippen LogP contribution in [0.15, 0.2) is 33.5 Å². The lowest BCUT2D eigenvalue weighted by Crippen LogP contribution is -2.31. The Morgan fingerprint density at radius 1 is 1.52 bits per heavy atom. The highest BCUT2D eigenvalue weighted by molar-refractivity contribution is 9.10. The van der Waals surface area contributed by atoms with Gasteiger partial charge in [0, 0.05) is 12.1 Å². The first-order chi connectivity index (χ1) is 11.9. The summed E-state index contributed by atoms with van der Waals surface area (Å²) in [7, 11) is 0. The van der Waals surface area contributed by atoms with Crippen molar-refractivity contribution in [3.63, 3.8) is 0 Å². The number of alkyl halides is 1. The highest BCUT2D eigenvalue weighted by atomic mass is 79.9. The predicted molar refractivity (Wildman–Crippen MR) is 101 cm³/mol. The Morgan fingerprint density at radius 2 is 2.28 bits per heavy atom. The van der Waals surface area contributed by atoms with Gasteiger partial charge in [-0.05, 0) is 59.5 Å². The van der Waals surface area contributed by atoms with Gasteiger partial charge in [-0.2, -0.15) is 5.10 Å². The van der Waals surface area contributed by atoms with Gasteiger partial charge in [0.2, 0.25) is 0 Å². The van der Waals surface area contributed by atoms with Crippen molar-refractivity contribution >= 4 is 38.7 Å². The lowest BCUT2D eigenvalue weighted by atomic mass is 10.0. The number of nitrogens with one attached hydrogen (secondary N) is 1.